The first-order valence-electron chi connectivity index (χ1n) is 11.6. The van der Waals surface area contributed by atoms with Crippen LogP contribution in [-0.2, 0) is 0 Å². The van der Waals surface area contributed by atoms with Gasteiger partial charge in [-0.1, -0.05) is 26.0 Å². The fourth-order valence-electron chi connectivity index (χ4n) is 1.45. The Morgan fingerprint density at radius 1 is 0.587 bits per heavy atom. The molecule has 0 spiro atoms. The Bertz CT molecular complexity index is 1090. The van der Waals surface area contributed by atoms with Crippen molar-refractivity contribution in [2.45, 2.75) is 0 Å². The highest BCUT2D eigenvalue weighted by atomic mass is 32.1. The first kappa shape index (κ1) is 38.1. The highest BCUT2D eigenvalue weighted by Crippen LogP contribution is 1.81. The van der Waals surface area contributed by atoms with E-state index >= 15 is 0 Å². The van der Waals surface area contributed by atoms with Crippen molar-refractivity contribution in [2.75, 3.05) is 6.54 Å². The zero-order valence-corrected chi connectivity index (χ0v) is 26.4. The number of pyridine rings is 1. The van der Waals surface area contributed by atoms with Crippen LogP contribution in [0.25, 0.3) is 0 Å². The van der Waals surface area contributed by atoms with Crippen molar-refractivity contribution in [2.24, 2.45) is 15.4 Å². The van der Waals surface area contributed by atoms with Crippen LogP contribution in [0.5, 0.6) is 0 Å². The van der Waals surface area contributed by atoms with Gasteiger partial charge in [-0.05, 0) is 40.4 Å². The molecule has 0 atom stereocenters. The predicted molar refractivity (Wildman–Crippen MR) is 165 cm³/mol. The van der Waals surface area contributed by atoms with Crippen molar-refractivity contribution in [1.82, 2.24) is 73.5 Å². The van der Waals surface area contributed by atoms with Gasteiger partial charge in [-0.15, -0.1) is 41.9 Å². The number of hydrogen-bond donors (Lipinski definition) is 0. The molecular formula is C21H22N18O3S4. The van der Waals surface area contributed by atoms with Gasteiger partial charge >= 0.3 is 0 Å². The Kier molecular flexibility index (Phi) is 29.2. The molecule has 0 aromatic carbocycles. The van der Waals surface area contributed by atoms with Crippen molar-refractivity contribution in [3.63, 3.8) is 0 Å². The van der Waals surface area contributed by atoms with E-state index in [0.717, 1.165) is 0 Å². The van der Waals surface area contributed by atoms with Crippen LogP contribution < -0.4 is 0 Å². The lowest BCUT2D eigenvalue weighted by Gasteiger charge is -1.70. The molecule has 9 rings (SSSR count). The number of aromatic nitrogens is 15. The molecular weight excluding hydrogens is 681 g/mol. The van der Waals surface area contributed by atoms with E-state index in [4.69, 9.17) is 0 Å². The second-order valence-electron chi connectivity index (χ2n) is 5.82. The van der Waals surface area contributed by atoms with Crippen LogP contribution in [0.15, 0.2) is 144 Å². The van der Waals surface area contributed by atoms with Crippen LogP contribution in [-0.4, -0.2) is 86.3 Å². The van der Waals surface area contributed by atoms with Gasteiger partial charge in [0.05, 0.1) is 55.5 Å². The molecule has 0 unspecified atom stereocenters. The fourth-order valence-corrected chi connectivity index (χ4v) is 2.54. The maximum absolute atomic E-state index is 4.36. The van der Waals surface area contributed by atoms with E-state index in [0.29, 0.717) is 6.54 Å². The minimum Gasteiger partial charge on any atom is -0.431 e. The summed E-state index contributed by atoms with van der Waals surface area (Å²) < 4.78 is 27.1. The normalized spacial score (nSPS) is 9.04. The van der Waals surface area contributed by atoms with Crippen molar-refractivity contribution in [3.05, 3.63) is 115 Å². The van der Waals surface area contributed by atoms with Gasteiger partial charge in [-0.25, -0.2) is 14.6 Å². The summed E-state index contributed by atoms with van der Waals surface area (Å²) >= 11 is 5.41. The highest BCUT2D eigenvalue weighted by Gasteiger charge is 1.76. The number of hydrogen-bond acceptors (Lipinski definition) is 25. The molecule has 0 bridgehead atoms. The smallest absolute Gasteiger partial charge is 0.213 e. The van der Waals surface area contributed by atoms with Gasteiger partial charge in [0.2, 0.25) is 19.2 Å². The molecule has 1 aliphatic rings. The molecule has 9 heterocycles. The molecule has 46 heavy (non-hydrogen) atoms. The van der Waals surface area contributed by atoms with Crippen LogP contribution in [0.3, 0.4) is 0 Å². The second-order valence-corrected chi connectivity index (χ2v) is 8.38. The average Bonchev–Trinajstić information content (AvgIpc) is 3.99. The Labute approximate surface area is 275 Å². The number of rotatable bonds is 0. The lowest BCUT2D eigenvalue weighted by atomic mass is 10.5. The molecule has 8 aromatic rings. The van der Waals surface area contributed by atoms with Crippen molar-refractivity contribution >= 4 is 52.3 Å². The molecule has 0 aliphatic carbocycles. The quantitative estimate of drug-likeness (QED) is 0.217. The highest BCUT2D eigenvalue weighted by molar-refractivity contribution is 7.07. The van der Waals surface area contributed by atoms with E-state index in [1.807, 2.05) is 23.6 Å². The van der Waals surface area contributed by atoms with Crippen LogP contribution in [0.4, 0.5) is 0 Å². The van der Waals surface area contributed by atoms with E-state index in [1.165, 1.54) is 90.4 Å². The lowest BCUT2D eigenvalue weighted by Crippen LogP contribution is -1.65. The van der Waals surface area contributed by atoms with Crippen molar-refractivity contribution in [1.29, 1.82) is 0 Å². The predicted octanol–water partition coefficient (Wildman–Crippen LogP) is 3.88. The van der Waals surface area contributed by atoms with Gasteiger partial charge in [0.1, 0.15) is 22.9 Å². The Hall–Kier alpha value is -5.92. The van der Waals surface area contributed by atoms with Gasteiger partial charge in [-0.3, -0.25) is 4.98 Å². The molecule has 238 valence electrons. The number of nitrogens with zero attached hydrogens (tertiary/aromatic N) is 18. The van der Waals surface area contributed by atoms with E-state index in [-0.39, 0.29) is 0 Å². The monoisotopic (exact) mass is 702 g/mol. The SMILES string of the molecule is C1=NN=NC1.c1ccncc1.c1cnon1.c1cnsn1.c1csnn1.c1ncon1.c1ncsn1.c1nnco1.c1nncs1. The fraction of sp³-hybridized carbons (Fsp3) is 0.0476. The molecule has 0 saturated heterocycles. The summed E-state index contributed by atoms with van der Waals surface area (Å²) in [6, 6.07) is 5.72. The average molecular weight is 703 g/mol. The first-order chi connectivity index (χ1) is 23.0. The third-order valence-corrected chi connectivity index (χ3v) is 4.63. The summed E-state index contributed by atoms with van der Waals surface area (Å²) in [5, 5.41) is 38.8. The Morgan fingerprint density at radius 2 is 1.37 bits per heavy atom. The second kappa shape index (κ2) is 35.3. The van der Waals surface area contributed by atoms with Gasteiger partial charge in [0.15, 0.2) is 6.33 Å². The van der Waals surface area contributed by atoms with Crippen LogP contribution in [0, 0.1) is 0 Å². The molecule has 0 amide bonds. The molecule has 0 radical (unpaired) electrons. The summed E-state index contributed by atoms with van der Waals surface area (Å²) in [5.41, 5.74) is 5.04. The Morgan fingerprint density at radius 3 is 1.57 bits per heavy atom. The van der Waals surface area contributed by atoms with E-state index in [2.05, 4.69) is 103 Å². The molecule has 8 aromatic heterocycles. The lowest BCUT2D eigenvalue weighted by molar-refractivity contribution is 0.307. The molecule has 0 saturated carbocycles. The van der Waals surface area contributed by atoms with E-state index in [1.54, 1.807) is 53.7 Å². The topological polar surface area (TPSA) is 270 Å². The van der Waals surface area contributed by atoms with Crippen molar-refractivity contribution in [3.8, 4) is 0 Å². The third kappa shape index (κ3) is 32.6. The maximum Gasteiger partial charge on any atom is 0.213 e. The van der Waals surface area contributed by atoms with Gasteiger partial charge in [0.25, 0.3) is 0 Å². The zero-order valence-electron chi connectivity index (χ0n) is 23.2. The standard InChI is InChI=1S/C5H5N.C2H3N3.3C2H2N2O.4C2H2N2S/c1-2-4-6-5-3-1;1-2-4-5-3-1;1-3-4-2-5-1;1-3-2-5-4-1;1-2-4-5-3-1;1-3-4-2-5-1;1-3-2-5-4-1;1-2-5-4-3-1;1-2-4-5-3-1/h1-5H;1H,2H2;7*1-2H. The third-order valence-electron chi connectivity index (χ3n) is 2.90. The molecule has 0 fully saturated rings. The van der Waals surface area contributed by atoms with Gasteiger partial charge in [-0.2, -0.15) is 18.2 Å². The summed E-state index contributed by atoms with van der Waals surface area (Å²) in [4.78, 5) is 10.9. The minimum absolute atomic E-state index is 0.667. The summed E-state index contributed by atoms with van der Waals surface area (Å²) in [6.07, 6.45) is 19.7. The summed E-state index contributed by atoms with van der Waals surface area (Å²) in [5.74, 6) is 0. The minimum atomic E-state index is 0.667. The molecule has 25 heteroatoms. The van der Waals surface area contributed by atoms with E-state index < -0.39 is 0 Å². The molecule has 21 nitrogen and oxygen atoms in total. The largest absolute Gasteiger partial charge is 0.431 e. The van der Waals surface area contributed by atoms with E-state index in [9.17, 15) is 0 Å². The first-order valence-corrected chi connectivity index (χ1v) is 15.0. The van der Waals surface area contributed by atoms with Crippen LogP contribution in [0.1, 0.15) is 0 Å². The van der Waals surface area contributed by atoms with Gasteiger partial charge < -0.3 is 8.94 Å². The summed E-state index contributed by atoms with van der Waals surface area (Å²) in [7, 11) is 0. The molecule has 0 N–H and O–H groups in total. The molecule has 1 aliphatic heterocycles. The zero-order chi connectivity index (χ0) is 32.5. The Balaban J connectivity index is 0.000000259. The van der Waals surface area contributed by atoms with Gasteiger partial charge in [0, 0.05) is 17.8 Å². The maximum atomic E-state index is 4.36. The van der Waals surface area contributed by atoms with Crippen LogP contribution in [0.2, 0.25) is 0 Å². The van der Waals surface area contributed by atoms with Crippen LogP contribution >= 0.6 is 46.1 Å². The summed E-state index contributed by atoms with van der Waals surface area (Å²) in [6.45, 7) is 0.667. The van der Waals surface area contributed by atoms with Crippen molar-refractivity contribution < 1.29 is 13.6 Å².